The van der Waals surface area contributed by atoms with E-state index in [4.69, 9.17) is 10.3 Å². The first-order valence-electron chi connectivity index (χ1n) is 6.88. The van der Waals surface area contributed by atoms with Crippen molar-refractivity contribution in [2.75, 3.05) is 12.0 Å². The Balaban J connectivity index is 1.81. The number of hydroxylamine groups is 2. The molecule has 0 bridgehead atoms. The van der Waals surface area contributed by atoms with E-state index in [1.807, 2.05) is 0 Å². The Morgan fingerprint density at radius 3 is 2.61 bits per heavy atom. The number of aromatic nitrogens is 3. The summed E-state index contributed by atoms with van der Waals surface area (Å²) < 4.78 is 14.2. The molecule has 23 heavy (non-hydrogen) atoms. The zero-order valence-corrected chi connectivity index (χ0v) is 12.0. The molecule has 0 radical (unpaired) electrons. The molecule has 120 valence electrons. The van der Waals surface area contributed by atoms with Crippen LogP contribution < -0.4 is 5.32 Å². The van der Waals surface area contributed by atoms with Crippen molar-refractivity contribution in [1.29, 1.82) is 0 Å². The third-order valence-electron chi connectivity index (χ3n) is 3.56. The molecular formula is C14H14FN5O3. The molecule has 1 aliphatic rings. The van der Waals surface area contributed by atoms with Gasteiger partial charge in [0.2, 0.25) is 0 Å². The van der Waals surface area contributed by atoms with E-state index in [0.717, 1.165) is 25.1 Å². The average Bonchev–Trinajstić information content (AvgIpc) is 3.37. The Kier molecular flexibility index (Phi) is 3.89. The van der Waals surface area contributed by atoms with Crippen LogP contribution in [0, 0.1) is 5.82 Å². The Hall–Kier alpha value is -2.65. The van der Waals surface area contributed by atoms with Gasteiger partial charge in [-0.15, -0.1) is 0 Å². The molecule has 0 aromatic carbocycles. The maximum Gasteiger partial charge on any atom is 0.281 e. The monoisotopic (exact) mass is 319 g/mol. The third-order valence-corrected chi connectivity index (χ3v) is 3.56. The van der Waals surface area contributed by atoms with E-state index in [1.54, 1.807) is 18.5 Å². The molecule has 2 heterocycles. The zero-order chi connectivity index (χ0) is 16.4. The van der Waals surface area contributed by atoms with Crippen molar-refractivity contribution >= 4 is 11.7 Å². The fraction of sp³-hybridized carbons (Fsp3) is 0.286. The van der Waals surface area contributed by atoms with Gasteiger partial charge in [-0.2, -0.15) is 5.06 Å². The van der Waals surface area contributed by atoms with E-state index in [0.29, 0.717) is 5.82 Å². The fourth-order valence-electron chi connectivity index (χ4n) is 2.16. The Labute approximate surface area is 130 Å². The largest absolute Gasteiger partial charge is 0.374 e. The van der Waals surface area contributed by atoms with Crippen molar-refractivity contribution in [3.8, 4) is 0 Å². The summed E-state index contributed by atoms with van der Waals surface area (Å²) in [7, 11) is 0. The van der Waals surface area contributed by atoms with Crippen molar-refractivity contribution in [2.24, 2.45) is 0 Å². The second-order valence-corrected chi connectivity index (χ2v) is 5.18. The molecule has 0 aliphatic heterocycles. The van der Waals surface area contributed by atoms with Crippen molar-refractivity contribution in [1.82, 2.24) is 20.0 Å². The second-order valence-electron chi connectivity index (χ2n) is 5.18. The van der Waals surface area contributed by atoms with Crippen LogP contribution in [0.1, 0.15) is 29.0 Å². The standard InChI is InChI=1S/C14H14FN5O3/c15-10-6-9(12(22)20(23)8-21)7-18-11(10)19-14(2-3-14)13-16-4-1-5-17-13/h1,4-7,21,23H,2-3,8H2,(H,18,19). The van der Waals surface area contributed by atoms with Crippen molar-refractivity contribution < 1.29 is 19.5 Å². The molecule has 1 aliphatic carbocycles. The minimum absolute atomic E-state index is 0.0278. The van der Waals surface area contributed by atoms with Crippen LogP contribution in [0.4, 0.5) is 10.2 Å². The lowest BCUT2D eigenvalue weighted by molar-refractivity contribution is -0.105. The molecule has 1 fully saturated rings. The maximum atomic E-state index is 14.2. The molecule has 9 heteroatoms. The molecule has 0 spiro atoms. The van der Waals surface area contributed by atoms with Gasteiger partial charge >= 0.3 is 0 Å². The highest BCUT2D eigenvalue weighted by Gasteiger charge is 2.47. The molecule has 2 aromatic rings. The van der Waals surface area contributed by atoms with Crippen LogP contribution in [0.25, 0.3) is 0 Å². The van der Waals surface area contributed by atoms with Gasteiger partial charge in [0.05, 0.1) is 11.1 Å². The summed E-state index contributed by atoms with van der Waals surface area (Å²) in [6.07, 6.45) is 5.83. The minimum atomic E-state index is -0.946. The van der Waals surface area contributed by atoms with E-state index < -0.39 is 24.0 Å². The summed E-state index contributed by atoms with van der Waals surface area (Å²) in [5.41, 5.74) is -0.722. The first-order valence-corrected chi connectivity index (χ1v) is 6.88. The van der Waals surface area contributed by atoms with Crippen LogP contribution in [0.2, 0.25) is 0 Å². The first kappa shape index (κ1) is 15.3. The lowest BCUT2D eigenvalue weighted by Crippen LogP contribution is -2.28. The number of hydrogen-bond acceptors (Lipinski definition) is 7. The molecule has 8 nitrogen and oxygen atoms in total. The molecule has 3 rings (SSSR count). The number of aliphatic hydroxyl groups is 1. The summed E-state index contributed by atoms with van der Waals surface area (Å²) in [5.74, 6) is -1.16. The smallest absolute Gasteiger partial charge is 0.281 e. The highest BCUT2D eigenvalue weighted by Crippen LogP contribution is 2.46. The lowest BCUT2D eigenvalue weighted by Gasteiger charge is -2.17. The highest BCUT2D eigenvalue weighted by molar-refractivity contribution is 5.93. The lowest BCUT2D eigenvalue weighted by atomic mass is 10.2. The van der Waals surface area contributed by atoms with Gasteiger partial charge in [0.1, 0.15) is 6.73 Å². The topological polar surface area (TPSA) is 111 Å². The number of aliphatic hydroxyl groups excluding tert-OH is 1. The number of anilines is 1. The number of carbonyl (C=O) groups is 1. The number of nitrogens with one attached hydrogen (secondary N) is 1. The normalized spacial score (nSPS) is 15.1. The number of halogens is 1. The van der Waals surface area contributed by atoms with Gasteiger partial charge in [-0.25, -0.2) is 19.3 Å². The number of amides is 1. The molecule has 1 amide bonds. The summed E-state index contributed by atoms with van der Waals surface area (Å²) in [5, 5.41) is 20.9. The van der Waals surface area contributed by atoms with Gasteiger partial charge in [0, 0.05) is 18.6 Å². The van der Waals surface area contributed by atoms with Crippen LogP contribution in [-0.2, 0) is 5.54 Å². The molecule has 2 aromatic heterocycles. The van der Waals surface area contributed by atoms with Gasteiger partial charge < -0.3 is 10.4 Å². The molecule has 1 saturated carbocycles. The van der Waals surface area contributed by atoms with E-state index >= 15 is 0 Å². The third kappa shape index (κ3) is 2.96. The first-order chi connectivity index (χ1) is 11.1. The average molecular weight is 319 g/mol. The number of carbonyl (C=O) groups excluding carboxylic acids is 1. The molecular weight excluding hydrogens is 305 g/mol. The van der Waals surface area contributed by atoms with Gasteiger partial charge in [0.15, 0.2) is 17.5 Å². The molecule has 0 atom stereocenters. The zero-order valence-electron chi connectivity index (χ0n) is 12.0. The summed E-state index contributed by atoms with van der Waals surface area (Å²) in [6.45, 7) is -0.894. The number of rotatable bonds is 5. The van der Waals surface area contributed by atoms with Crippen molar-refractivity contribution in [3.63, 3.8) is 0 Å². The summed E-state index contributed by atoms with van der Waals surface area (Å²) in [4.78, 5) is 23.9. The van der Waals surface area contributed by atoms with E-state index in [2.05, 4.69) is 20.3 Å². The maximum absolute atomic E-state index is 14.2. The van der Waals surface area contributed by atoms with Crippen LogP contribution in [0.5, 0.6) is 0 Å². The van der Waals surface area contributed by atoms with Crippen molar-refractivity contribution in [2.45, 2.75) is 18.4 Å². The predicted molar refractivity (Wildman–Crippen MR) is 75.8 cm³/mol. The van der Waals surface area contributed by atoms with Gasteiger partial charge in [0.25, 0.3) is 5.91 Å². The molecule has 0 unspecified atom stereocenters. The van der Waals surface area contributed by atoms with E-state index in [9.17, 15) is 9.18 Å². The van der Waals surface area contributed by atoms with Gasteiger partial charge in [-0.3, -0.25) is 10.0 Å². The fourth-order valence-corrected chi connectivity index (χ4v) is 2.16. The Morgan fingerprint density at radius 2 is 2.04 bits per heavy atom. The van der Waals surface area contributed by atoms with Crippen LogP contribution in [0.3, 0.4) is 0 Å². The number of pyridine rings is 1. The molecule has 0 saturated heterocycles. The van der Waals surface area contributed by atoms with Gasteiger partial charge in [-0.1, -0.05) is 0 Å². The quantitative estimate of drug-likeness (QED) is 0.426. The number of nitrogens with zero attached hydrogens (tertiary/aromatic N) is 4. The minimum Gasteiger partial charge on any atom is -0.374 e. The summed E-state index contributed by atoms with van der Waals surface area (Å²) in [6, 6.07) is 2.64. The van der Waals surface area contributed by atoms with Crippen molar-refractivity contribution in [3.05, 3.63) is 47.9 Å². The SMILES string of the molecule is O=C(c1cnc(NC2(c3ncccn3)CC2)c(F)c1)N(O)CO. The van der Waals surface area contributed by atoms with E-state index in [1.165, 1.54) is 0 Å². The second kappa shape index (κ2) is 5.86. The summed E-state index contributed by atoms with van der Waals surface area (Å²) >= 11 is 0. The Bertz CT molecular complexity index is 724. The Morgan fingerprint density at radius 1 is 1.35 bits per heavy atom. The predicted octanol–water partition coefficient (Wildman–Crippen LogP) is 0.893. The van der Waals surface area contributed by atoms with Gasteiger partial charge in [-0.05, 0) is 25.0 Å². The number of hydrogen-bond donors (Lipinski definition) is 3. The van der Waals surface area contributed by atoms with E-state index in [-0.39, 0.29) is 16.4 Å². The molecule has 3 N–H and O–H groups in total. The van der Waals surface area contributed by atoms with Crippen LogP contribution in [-0.4, -0.2) is 43.0 Å². The van der Waals surface area contributed by atoms with Crippen LogP contribution in [0.15, 0.2) is 30.7 Å². The highest BCUT2D eigenvalue weighted by atomic mass is 19.1. The van der Waals surface area contributed by atoms with Crippen LogP contribution >= 0.6 is 0 Å².